The van der Waals surface area contributed by atoms with Crippen molar-refractivity contribution >= 4 is 11.6 Å². The molecule has 3 heteroatoms. The number of hydrogen-bond acceptors (Lipinski definition) is 2. The Morgan fingerprint density at radius 2 is 1.94 bits per heavy atom. The number of alkyl halides is 1. The van der Waals surface area contributed by atoms with Gasteiger partial charge in [-0.2, -0.15) is 0 Å². The van der Waals surface area contributed by atoms with Gasteiger partial charge in [-0.1, -0.05) is 25.3 Å². The summed E-state index contributed by atoms with van der Waals surface area (Å²) in [7, 11) is 3.29. The lowest BCUT2D eigenvalue weighted by atomic mass is 9.81. The molecule has 0 bridgehead atoms. The number of hydrogen-bond donors (Lipinski definition) is 0. The van der Waals surface area contributed by atoms with Gasteiger partial charge in [0, 0.05) is 0 Å². The summed E-state index contributed by atoms with van der Waals surface area (Å²) < 4.78 is 10.5. The van der Waals surface area contributed by atoms with E-state index in [9.17, 15) is 0 Å². The smallest absolute Gasteiger partial charge is 0.161 e. The van der Waals surface area contributed by atoms with Crippen LogP contribution in [0.1, 0.15) is 36.6 Å². The van der Waals surface area contributed by atoms with Gasteiger partial charge in [0.15, 0.2) is 11.5 Å². The van der Waals surface area contributed by atoms with Crippen molar-refractivity contribution in [3.8, 4) is 11.5 Å². The van der Waals surface area contributed by atoms with Crippen LogP contribution in [-0.2, 0) is 0 Å². The van der Waals surface area contributed by atoms with Gasteiger partial charge in [0.2, 0.25) is 0 Å². The Bertz CT molecular complexity index is 374. The molecule has 0 spiro atoms. The number of rotatable bonds is 5. The summed E-state index contributed by atoms with van der Waals surface area (Å²) in [6, 6.07) is 5.93. The third-order valence-electron chi connectivity index (χ3n) is 3.53. The molecule has 1 aliphatic rings. The van der Waals surface area contributed by atoms with Crippen molar-refractivity contribution in [3.05, 3.63) is 23.8 Å². The molecule has 0 N–H and O–H groups in total. The molecular weight excluding hydrogens is 236 g/mol. The molecule has 1 atom stereocenters. The van der Waals surface area contributed by atoms with E-state index in [1.54, 1.807) is 14.2 Å². The Balaban J connectivity index is 2.08. The minimum Gasteiger partial charge on any atom is -0.493 e. The van der Waals surface area contributed by atoms with E-state index in [4.69, 9.17) is 21.1 Å². The van der Waals surface area contributed by atoms with Gasteiger partial charge in [-0.15, -0.1) is 11.6 Å². The van der Waals surface area contributed by atoms with Gasteiger partial charge in [-0.25, -0.2) is 0 Å². The summed E-state index contributed by atoms with van der Waals surface area (Å²) in [5.41, 5.74) is 1.12. The topological polar surface area (TPSA) is 18.5 Å². The lowest BCUT2D eigenvalue weighted by molar-refractivity contribution is 0.293. The van der Waals surface area contributed by atoms with Crippen LogP contribution < -0.4 is 9.47 Å². The predicted octanol–water partition coefficient (Wildman–Crippen LogP) is 4.17. The maximum Gasteiger partial charge on any atom is 0.161 e. The molecule has 0 aromatic heterocycles. The van der Waals surface area contributed by atoms with E-state index in [1.807, 2.05) is 18.2 Å². The number of halogens is 1. The zero-order valence-corrected chi connectivity index (χ0v) is 11.2. The molecule has 17 heavy (non-hydrogen) atoms. The fourth-order valence-corrected chi connectivity index (χ4v) is 2.59. The van der Waals surface area contributed by atoms with Crippen molar-refractivity contribution in [1.82, 2.24) is 0 Å². The minimum absolute atomic E-state index is 0.0834. The van der Waals surface area contributed by atoms with Gasteiger partial charge < -0.3 is 9.47 Å². The van der Waals surface area contributed by atoms with Crippen molar-refractivity contribution in [2.45, 2.75) is 31.1 Å². The average molecular weight is 255 g/mol. The molecule has 0 aliphatic heterocycles. The van der Waals surface area contributed by atoms with Crippen LogP contribution in [0.15, 0.2) is 18.2 Å². The summed E-state index contributed by atoms with van der Waals surface area (Å²) >= 11 is 6.44. The molecule has 2 nitrogen and oxygen atoms in total. The molecule has 2 rings (SSSR count). The molecule has 0 saturated heterocycles. The van der Waals surface area contributed by atoms with Gasteiger partial charge in [-0.05, 0) is 30.0 Å². The predicted molar refractivity (Wildman–Crippen MR) is 70.1 cm³/mol. The normalized spacial score (nSPS) is 17.4. The van der Waals surface area contributed by atoms with Crippen molar-refractivity contribution < 1.29 is 9.47 Å². The van der Waals surface area contributed by atoms with E-state index in [2.05, 4.69) is 0 Å². The van der Waals surface area contributed by atoms with Crippen LogP contribution in [0.4, 0.5) is 0 Å². The highest BCUT2D eigenvalue weighted by Crippen LogP contribution is 2.39. The van der Waals surface area contributed by atoms with Gasteiger partial charge in [-0.3, -0.25) is 0 Å². The average Bonchev–Trinajstić information content (AvgIpc) is 2.32. The Morgan fingerprint density at radius 1 is 1.24 bits per heavy atom. The number of methoxy groups -OCH3 is 2. The summed E-state index contributed by atoms with van der Waals surface area (Å²) in [6.45, 7) is 0. The summed E-state index contributed by atoms with van der Waals surface area (Å²) in [6.07, 6.45) is 5.09. The first-order valence-electron chi connectivity index (χ1n) is 6.10. The number of ether oxygens (including phenoxy) is 2. The zero-order chi connectivity index (χ0) is 12.3. The molecule has 1 unspecified atom stereocenters. The lowest BCUT2D eigenvalue weighted by Gasteiger charge is -2.27. The second-order valence-electron chi connectivity index (χ2n) is 4.61. The fourth-order valence-electron chi connectivity index (χ4n) is 2.20. The molecule has 0 radical (unpaired) electrons. The van der Waals surface area contributed by atoms with E-state index in [1.165, 1.54) is 19.3 Å². The van der Waals surface area contributed by atoms with Crippen molar-refractivity contribution in [3.63, 3.8) is 0 Å². The maximum atomic E-state index is 6.44. The van der Waals surface area contributed by atoms with E-state index in [-0.39, 0.29) is 5.38 Å². The lowest BCUT2D eigenvalue weighted by Crippen LogP contribution is -2.13. The van der Waals surface area contributed by atoms with Crippen LogP contribution in [0.25, 0.3) is 0 Å². The Morgan fingerprint density at radius 3 is 2.47 bits per heavy atom. The zero-order valence-electron chi connectivity index (χ0n) is 10.4. The standard InChI is InChI=1S/C14H19ClO2/c1-16-13-7-6-11(9-14(13)17-2)12(15)8-10-4-3-5-10/h6-7,9-10,12H,3-5,8H2,1-2H3. The first-order chi connectivity index (χ1) is 8.24. The summed E-state index contributed by atoms with van der Waals surface area (Å²) in [4.78, 5) is 0. The van der Waals surface area contributed by atoms with Crippen LogP contribution in [-0.4, -0.2) is 14.2 Å². The SMILES string of the molecule is COc1ccc(C(Cl)CC2CCC2)cc1OC. The monoisotopic (exact) mass is 254 g/mol. The molecule has 0 heterocycles. The largest absolute Gasteiger partial charge is 0.493 e. The quantitative estimate of drug-likeness (QED) is 0.734. The highest BCUT2D eigenvalue weighted by atomic mass is 35.5. The highest BCUT2D eigenvalue weighted by Gasteiger charge is 2.22. The number of benzene rings is 1. The van der Waals surface area contributed by atoms with Crippen LogP contribution in [0.3, 0.4) is 0 Å². The Hall–Kier alpha value is -0.890. The first-order valence-corrected chi connectivity index (χ1v) is 6.54. The summed E-state index contributed by atoms with van der Waals surface area (Å²) in [5.74, 6) is 2.32. The van der Waals surface area contributed by atoms with Crippen LogP contribution in [0.2, 0.25) is 0 Å². The molecule has 0 amide bonds. The van der Waals surface area contributed by atoms with E-state index >= 15 is 0 Å². The van der Waals surface area contributed by atoms with Crippen LogP contribution >= 0.6 is 11.6 Å². The van der Waals surface area contributed by atoms with Gasteiger partial charge in [0.25, 0.3) is 0 Å². The molecule has 1 aromatic rings. The molecule has 1 aromatic carbocycles. The molecule has 94 valence electrons. The third-order valence-corrected chi connectivity index (χ3v) is 3.96. The Labute approximate surface area is 108 Å². The van der Waals surface area contributed by atoms with Crippen LogP contribution in [0.5, 0.6) is 11.5 Å². The van der Waals surface area contributed by atoms with E-state index < -0.39 is 0 Å². The fraction of sp³-hybridized carbons (Fsp3) is 0.571. The molecule has 1 aliphatic carbocycles. The first kappa shape index (κ1) is 12.6. The second-order valence-corrected chi connectivity index (χ2v) is 5.14. The minimum atomic E-state index is 0.0834. The van der Waals surface area contributed by atoms with E-state index in [0.717, 1.165) is 29.4 Å². The van der Waals surface area contributed by atoms with Crippen molar-refractivity contribution in [1.29, 1.82) is 0 Å². The van der Waals surface area contributed by atoms with Gasteiger partial charge in [0.05, 0.1) is 19.6 Å². The maximum absolute atomic E-state index is 6.44. The van der Waals surface area contributed by atoms with Crippen molar-refractivity contribution in [2.24, 2.45) is 5.92 Å². The van der Waals surface area contributed by atoms with Crippen LogP contribution in [0, 0.1) is 5.92 Å². The Kier molecular flexibility index (Phi) is 4.16. The molecule has 1 saturated carbocycles. The summed E-state index contributed by atoms with van der Waals surface area (Å²) in [5, 5.41) is 0.0834. The van der Waals surface area contributed by atoms with Gasteiger partial charge >= 0.3 is 0 Å². The van der Waals surface area contributed by atoms with Gasteiger partial charge in [0.1, 0.15) is 0 Å². The molecule has 1 fully saturated rings. The highest BCUT2D eigenvalue weighted by molar-refractivity contribution is 6.20. The third kappa shape index (κ3) is 2.86. The second kappa shape index (κ2) is 5.63. The van der Waals surface area contributed by atoms with E-state index in [0.29, 0.717) is 0 Å². The molecular formula is C14H19ClO2. The van der Waals surface area contributed by atoms with Crippen molar-refractivity contribution in [2.75, 3.05) is 14.2 Å².